The van der Waals surface area contributed by atoms with Crippen LogP contribution < -0.4 is 5.32 Å². The van der Waals surface area contributed by atoms with Crippen LogP contribution in [-0.4, -0.2) is 17.7 Å². The highest BCUT2D eigenvalue weighted by atomic mass is 35.5. The van der Waals surface area contributed by atoms with E-state index in [1.165, 1.54) is 16.9 Å². The van der Waals surface area contributed by atoms with E-state index in [2.05, 4.69) is 17.4 Å². The average molecular weight is 350 g/mol. The minimum Gasteiger partial charge on any atom is -0.354 e. The van der Waals surface area contributed by atoms with Gasteiger partial charge in [0.05, 0.1) is 9.21 Å². The predicted octanol–water partition coefficient (Wildman–Crippen LogP) is 4.50. The van der Waals surface area contributed by atoms with Crippen LogP contribution in [0.3, 0.4) is 0 Å². The first kappa shape index (κ1) is 17.7. The highest BCUT2D eigenvalue weighted by Crippen LogP contribution is 2.22. The summed E-state index contributed by atoms with van der Waals surface area (Å²) in [4.78, 5) is 24.5. The Hall–Kier alpha value is -1.65. The molecule has 0 saturated heterocycles. The lowest BCUT2D eigenvalue weighted by molar-refractivity contribution is -0.121. The van der Waals surface area contributed by atoms with Crippen LogP contribution in [0.15, 0.2) is 42.5 Å². The third-order valence-electron chi connectivity index (χ3n) is 3.54. The van der Waals surface area contributed by atoms with E-state index in [1.807, 2.05) is 25.1 Å². The second-order valence-electron chi connectivity index (χ2n) is 5.52. The molecule has 2 aromatic rings. The van der Waals surface area contributed by atoms with E-state index in [4.69, 9.17) is 11.6 Å². The molecular formula is C18H20ClNO2S. The van der Waals surface area contributed by atoms with Crippen molar-refractivity contribution in [2.75, 3.05) is 0 Å². The quantitative estimate of drug-likeness (QED) is 0.713. The number of ketones is 1. The van der Waals surface area contributed by atoms with Gasteiger partial charge in [-0.25, -0.2) is 0 Å². The summed E-state index contributed by atoms with van der Waals surface area (Å²) in [7, 11) is 0. The van der Waals surface area contributed by atoms with Gasteiger partial charge in [0.15, 0.2) is 5.78 Å². The molecule has 0 bridgehead atoms. The molecule has 122 valence electrons. The van der Waals surface area contributed by atoms with Crippen molar-refractivity contribution in [3.63, 3.8) is 0 Å². The fraction of sp³-hybridized carbons (Fsp3) is 0.333. The summed E-state index contributed by atoms with van der Waals surface area (Å²) in [5.74, 6) is -0.115. The van der Waals surface area contributed by atoms with E-state index in [9.17, 15) is 9.59 Å². The van der Waals surface area contributed by atoms with E-state index in [1.54, 1.807) is 12.1 Å². The topological polar surface area (TPSA) is 46.2 Å². The molecule has 1 heterocycles. The zero-order valence-electron chi connectivity index (χ0n) is 13.0. The SMILES string of the molecule is C[C@@H](CCc1ccccc1)NC(=O)CCC(=O)c1ccc(Cl)s1. The fourth-order valence-electron chi connectivity index (χ4n) is 2.26. The van der Waals surface area contributed by atoms with Crippen LogP contribution in [0.4, 0.5) is 0 Å². The van der Waals surface area contributed by atoms with Gasteiger partial charge in [-0.1, -0.05) is 41.9 Å². The molecule has 0 fully saturated rings. The van der Waals surface area contributed by atoms with Crippen molar-refractivity contribution >= 4 is 34.6 Å². The van der Waals surface area contributed by atoms with Crippen LogP contribution in [0.1, 0.15) is 41.4 Å². The average Bonchev–Trinajstić information content (AvgIpc) is 2.98. The number of rotatable bonds is 8. The minimum absolute atomic E-state index is 0.0333. The van der Waals surface area contributed by atoms with Gasteiger partial charge in [0.1, 0.15) is 0 Å². The number of hydrogen-bond acceptors (Lipinski definition) is 3. The second kappa shape index (κ2) is 8.85. The maximum atomic E-state index is 11.9. The summed E-state index contributed by atoms with van der Waals surface area (Å²) < 4.78 is 0.590. The van der Waals surface area contributed by atoms with Gasteiger partial charge in [-0.05, 0) is 37.5 Å². The van der Waals surface area contributed by atoms with Gasteiger partial charge in [-0.3, -0.25) is 9.59 Å². The first-order valence-corrected chi connectivity index (χ1v) is 8.86. The Morgan fingerprint density at radius 2 is 1.87 bits per heavy atom. The summed E-state index contributed by atoms with van der Waals surface area (Å²) in [6, 6.07) is 13.7. The summed E-state index contributed by atoms with van der Waals surface area (Å²) in [5, 5.41) is 2.95. The molecule has 0 aliphatic heterocycles. The molecule has 1 aromatic carbocycles. The molecule has 0 spiro atoms. The number of benzene rings is 1. The summed E-state index contributed by atoms with van der Waals surface area (Å²) in [5.41, 5.74) is 1.26. The molecule has 5 heteroatoms. The molecule has 1 aromatic heterocycles. The number of aryl methyl sites for hydroxylation is 1. The largest absolute Gasteiger partial charge is 0.354 e. The predicted molar refractivity (Wildman–Crippen MR) is 95.3 cm³/mol. The van der Waals surface area contributed by atoms with Crippen LogP contribution in [0.5, 0.6) is 0 Å². The Bertz CT molecular complexity index is 654. The van der Waals surface area contributed by atoms with Gasteiger partial charge in [0.2, 0.25) is 5.91 Å². The first-order chi connectivity index (χ1) is 11.0. The van der Waals surface area contributed by atoms with Crippen LogP contribution in [-0.2, 0) is 11.2 Å². The maximum absolute atomic E-state index is 11.9. The molecule has 2 rings (SSSR count). The molecule has 0 aliphatic carbocycles. The molecule has 3 nitrogen and oxygen atoms in total. The van der Waals surface area contributed by atoms with Gasteiger partial charge in [-0.2, -0.15) is 0 Å². The van der Waals surface area contributed by atoms with Crippen molar-refractivity contribution in [1.29, 1.82) is 0 Å². The molecule has 0 aliphatic rings. The van der Waals surface area contributed by atoms with Gasteiger partial charge in [0.25, 0.3) is 0 Å². The fourth-order valence-corrected chi connectivity index (χ4v) is 3.27. The molecule has 23 heavy (non-hydrogen) atoms. The molecule has 1 atom stereocenters. The van der Waals surface area contributed by atoms with E-state index in [0.29, 0.717) is 9.21 Å². The van der Waals surface area contributed by atoms with Crippen molar-refractivity contribution in [3.05, 3.63) is 57.2 Å². The third-order valence-corrected chi connectivity index (χ3v) is 4.82. The Morgan fingerprint density at radius 3 is 2.52 bits per heavy atom. The third kappa shape index (κ3) is 6.16. The summed E-state index contributed by atoms with van der Waals surface area (Å²) in [6.07, 6.45) is 2.23. The number of hydrogen-bond donors (Lipinski definition) is 1. The highest BCUT2D eigenvalue weighted by molar-refractivity contribution is 7.18. The monoisotopic (exact) mass is 349 g/mol. The van der Waals surface area contributed by atoms with E-state index in [-0.39, 0.29) is 30.6 Å². The van der Waals surface area contributed by atoms with Crippen LogP contribution >= 0.6 is 22.9 Å². The van der Waals surface area contributed by atoms with Gasteiger partial charge in [-0.15, -0.1) is 11.3 Å². The summed E-state index contributed by atoms with van der Waals surface area (Å²) in [6.45, 7) is 1.99. The second-order valence-corrected chi connectivity index (χ2v) is 7.23. The molecule has 0 saturated carbocycles. The minimum atomic E-state index is -0.0819. The molecule has 1 amide bonds. The Morgan fingerprint density at radius 1 is 1.13 bits per heavy atom. The zero-order chi connectivity index (χ0) is 16.7. The number of Topliss-reactive ketones (excluding diaryl/α,β-unsaturated/α-hetero) is 1. The van der Waals surface area contributed by atoms with Crippen molar-refractivity contribution in [2.24, 2.45) is 0 Å². The van der Waals surface area contributed by atoms with Crippen molar-refractivity contribution < 1.29 is 9.59 Å². The van der Waals surface area contributed by atoms with E-state index in [0.717, 1.165) is 12.8 Å². The number of halogens is 1. The van der Waals surface area contributed by atoms with E-state index < -0.39 is 0 Å². The molecular weight excluding hydrogens is 330 g/mol. The van der Waals surface area contributed by atoms with Crippen molar-refractivity contribution in [1.82, 2.24) is 5.32 Å². The number of nitrogens with one attached hydrogen (secondary N) is 1. The Balaban J connectivity index is 1.68. The number of thiophene rings is 1. The molecule has 0 unspecified atom stereocenters. The highest BCUT2D eigenvalue weighted by Gasteiger charge is 2.13. The van der Waals surface area contributed by atoms with Crippen LogP contribution in [0.25, 0.3) is 0 Å². The lowest BCUT2D eigenvalue weighted by atomic mass is 10.1. The van der Waals surface area contributed by atoms with Gasteiger partial charge < -0.3 is 5.32 Å². The smallest absolute Gasteiger partial charge is 0.220 e. The zero-order valence-corrected chi connectivity index (χ0v) is 14.6. The molecule has 0 radical (unpaired) electrons. The Labute approximate surface area is 145 Å². The lowest BCUT2D eigenvalue weighted by Crippen LogP contribution is -2.33. The Kier molecular flexibility index (Phi) is 6.81. The van der Waals surface area contributed by atoms with Crippen molar-refractivity contribution in [3.8, 4) is 0 Å². The number of carbonyl (C=O) groups is 2. The van der Waals surface area contributed by atoms with Crippen LogP contribution in [0, 0.1) is 0 Å². The van der Waals surface area contributed by atoms with Gasteiger partial charge >= 0.3 is 0 Å². The number of carbonyl (C=O) groups excluding carboxylic acids is 2. The lowest BCUT2D eigenvalue weighted by Gasteiger charge is -2.13. The molecule has 1 N–H and O–H groups in total. The standard InChI is InChI=1S/C18H20ClNO2S/c1-13(7-8-14-5-3-2-4-6-14)20-18(22)12-9-15(21)16-10-11-17(19)23-16/h2-6,10-11,13H,7-9,12H2,1H3,(H,20,22)/t13-/m0/s1. The van der Waals surface area contributed by atoms with Crippen LogP contribution in [0.2, 0.25) is 4.34 Å². The van der Waals surface area contributed by atoms with Gasteiger partial charge in [0, 0.05) is 18.9 Å². The number of amides is 1. The summed E-state index contributed by atoms with van der Waals surface area (Å²) >= 11 is 7.06. The van der Waals surface area contributed by atoms with E-state index >= 15 is 0 Å². The first-order valence-electron chi connectivity index (χ1n) is 7.66. The normalized spacial score (nSPS) is 11.9. The maximum Gasteiger partial charge on any atom is 0.220 e. The van der Waals surface area contributed by atoms with Crippen molar-refractivity contribution in [2.45, 2.75) is 38.6 Å².